The van der Waals surface area contributed by atoms with Gasteiger partial charge < -0.3 is 4.57 Å². The lowest BCUT2D eigenvalue weighted by atomic mass is 10.2. The SMILES string of the molecule is Cc1nccn1CC1CCCN1Cc1cccc(S(C)(=O)=O)c1. The van der Waals surface area contributed by atoms with E-state index in [0.717, 1.165) is 31.0 Å². The third-order valence-electron chi connectivity index (χ3n) is 4.54. The van der Waals surface area contributed by atoms with E-state index < -0.39 is 9.84 Å². The highest BCUT2D eigenvalue weighted by Gasteiger charge is 2.25. The number of imidazole rings is 1. The van der Waals surface area contributed by atoms with Crippen LogP contribution in [0.25, 0.3) is 0 Å². The maximum Gasteiger partial charge on any atom is 0.175 e. The number of aryl methyl sites for hydroxylation is 1. The van der Waals surface area contributed by atoms with Gasteiger partial charge in [0.15, 0.2) is 9.84 Å². The summed E-state index contributed by atoms with van der Waals surface area (Å²) in [5, 5.41) is 0. The van der Waals surface area contributed by atoms with E-state index in [1.807, 2.05) is 31.5 Å². The predicted molar refractivity (Wildman–Crippen MR) is 89.9 cm³/mol. The molecule has 23 heavy (non-hydrogen) atoms. The van der Waals surface area contributed by atoms with Crippen LogP contribution in [-0.2, 0) is 22.9 Å². The van der Waals surface area contributed by atoms with Crippen LogP contribution in [0.2, 0.25) is 0 Å². The van der Waals surface area contributed by atoms with Crippen molar-refractivity contribution in [3.8, 4) is 0 Å². The van der Waals surface area contributed by atoms with Gasteiger partial charge in [-0.15, -0.1) is 0 Å². The fourth-order valence-corrected chi connectivity index (χ4v) is 3.93. The summed E-state index contributed by atoms with van der Waals surface area (Å²) in [5.74, 6) is 1.04. The summed E-state index contributed by atoms with van der Waals surface area (Å²) in [4.78, 5) is 7.13. The van der Waals surface area contributed by atoms with Crippen molar-refractivity contribution in [1.29, 1.82) is 0 Å². The molecule has 3 rings (SSSR count). The van der Waals surface area contributed by atoms with Gasteiger partial charge in [0.1, 0.15) is 5.82 Å². The topological polar surface area (TPSA) is 55.2 Å². The third kappa shape index (κ3) is 3.82. The maximum absolute atomic E-state index is 11.7. The first-order chi connectivity index (χ1) is 10.9. The second-order valence-electron chi connectivity index (χ2n) is 6.31. The molecule has 0 spiro atoms. The molecular weight excluding hydrogens is 310 g/mol. The number of rotatable bonds is 5. The smallest absolute Gasteiger partial charge is 0.175 e. The summed E-state index contributed by atoms with van der Waals surface area (Å²) in [7, 11) is -3.15. The van der Waals surface area contributed by atoms with E-state index in [2.05, 4.69) is 14.5 Å². The molecule has 2 heterocycles. The molecule has 0 bridgehead atoms. The van der Waals surface area contributed by atoms with Crippen molar-refractivity contribution in [2.75, 3.05) is 12.8 Å². The molecular formula is C17H23N3O2S. The average molecular weight is 333 g/mol. The molecule has 5 nitrogen and oxygen atoms in total. The van der Waals surface area contributed by atoms with E-state index in [1.165, 1.54) is 19.1 Å². The van der Waals surface area contributed by atoms with E-state index in [-0.39, 0.29) is 0 Å². The molecule has 1 atom stereocenters. The fourth-order valence-electron chi connectivity index (χ4n) is 3.24. The van der Waals surface area contributed by atoms with Gasteiger partial charge in [0, 0.05) is 37.8 Å². The molecule has 1 fully saturated rings. The molecule has 1 aromatic carbocycles. The fraction of sp³-hybridized carbons (Fsp3) is 0.471. The van der Waals surface area contributed by atoms with Crippen molar-refractivity contribution >= 4 is 9.84 Å². The van der Waals surface area contributed by atoms with Gasteiger partial charge in [-0.2, -0.15) is 0 Å². The Labute approximate surface area is 137 Å². The minimum absolute atomic E-state index is 0.399. The summed E-state index contributed by atoms with van der Waals surface area (Å²) in [6.45, 7) is 4.82. The van der Waals surface area contributed by atoms with Crippen LogP contribution in [0.4, 0.5) is 0 Å². The average Bonchev–Trinajstić information content (AvgIpc) is 3.09. The van der Waals surface area contributed by atoms with Crippen LogP contribution < -0.4 is 0 Å². The van der Waals surface area contributed by atoms with Crippen LogP contribution >= 0.6 is 0 Å². The molecule has 124 valence electrons. The lowest BCUT2D eigenvalue weighted by Gasteiger charge is -2.25. The van der Waals surface area contributed by atoms with E-state index in [0.29, 0.717) is 10.9 Å². The van der Waals surface area contributed by atoms with Gasteiger partial charge in [0.05, 0.1) is 4.90 Å². The van der Waals surface area contributed by atoms with Gasteiger partial charge in [-0.1, -0.05) is 12.1 Å². The highest BCUT2D eigenvalue weighted by molar-refractivity contribution is 7.90. The predicted octanol–water partition coefficient (Wildman–Crippen LogP) is 2.26. The first-order valence-corrected chi connectivity index (χ1v) is 9.83. The Morgan fingerprint density at radius 1 is 1.35 bits per heavy atom. The quantitative estimate of drug-likeness (QED) is 0.842. The van der Waals surface area contributed by atoms with E-state index in [9.17, 15) is 8.42 Å². The Morgan fingerprint density at radius 2 is 2.17 bits per heavy atom. The molecule has 1 saturated heterocycles. The Hall–Kier alpha value is -1.66. The highest BCUT2D eigenvalue weighted by atomic mass is 32.2. The molecule has 1 aliphatic rings. The Kier molecular flexibility index (Phi) is 4.55. The van der Waals surface area contributed by atoms with Crippen molar-refractivity contribution in [3.05, 3.63) is 48.0 Å². The van der Waals surface area contributed by atoms with E-state index in [1.54, 1.807) is 12.1 Å². The zero-order valence-electron chi connectivity index (χ0n) is 13.6. The van der Waals surface area contributed by atoms with Crippen molar-refractivity contribution in [2.45, 2.75) is 43.8 Å². The molecule has 2 aromatic rings. The van der Waals surface area contributed by atoms with Crippen LogP contribution in [0.5, 0.6) is 0 Å². The van der Waals surface area contributed by atoms with Gasteiger partial charge in [0.25, 0.3) is 0 Å². The van der Waals surface area contributed by atoms with Crippen molar-refractivity contribution in [1.82, 2.24) is 14.5 Å². The lowest BCUT2D eigenvalue weighted by Crippen LogP contribution is -2.32. The molecule has 1 aliphatic heterocycles. The number of hydrogen-bond acceptors (Lipinski definition) is 4. The first-order valence-electron chi connectivity index (χ1n) is 7.94. The number of aromatic nitrogens is 2. The third-order valence-corrected chi connectivity index (χ3v) is 5.65. The summed E-state index contributed by atoms with van der Waals surface area (Å²) in [6, 6.07) is 7.77. The summed E-state index contributed by atoms with van der Waals surface area (Å²) < 4.78 is 25.6. The Balaban J connectivity index is 1.73. The first kappa shape index (κ1) is 16.2. The largest absolute Gasteiger partial charge is 0.334 e. The normalized spacial score (nSPS) is 19.3. The summed E-state index contributed by atoms with van der Waals surface area (Å²) in [5.41, 5.74) is 1.06. The van der Waals surface area contributed by atoms with Crippen LogP contribution in [0.1, 0.15) is 24.2 Å². The number of nitrogens with zero attached hydrogens (tertiary/aromatic N) is 3. The number of hydrogen-bond donors (Lipinski definition) is 0. The van der Waals surface area contributed by atoms with Crippen LogP contribution in [0.3, 0.4) is 0 Å². The van der Waals surface area contributed by atoms with Gasteiger partial charge in [-0.05, 0) is 44.0 Å². The zero-order chi connectivity index (χ0) is 16.4. The van der Waals surface area contributed by atoms with Crippen molar-refractivity contribution in [2.24, 2.45) is 0 Å². The van der Waals surface area contributed by atoms with E-state index >= 15 is 0 Å². The van der Waals surface area contributed by atoms with Crippen LogP contribution in [0.15, 0.2) is 41.6 Å². The molecule has 0 N–H and O–H groups in total. The van der Waals surface area contributed by atoms with Gasteiger partial charge in [-0.25, -0.2) is 13.4 Å². The monoisotopic (exact) mass is 333 g/mol. The van der Waals surface area contributed by atoms with Crippen LogP contribution in [-0.4, -0.2) is 41.7 Å². The molecule has 1 aromatic heterocycles. The molecule has 0 saturated carbocycles. The minimum Gasteiger partial charge on any atom is -0.334 e. The molecule has 0 radical (unpaired) electrons. The molecule has 6 heteroatoms. The summed E-state index contributed by atoms with van der Waals surface area (Å²) in [6.07, 6.45) is 7.47. The van der Waals surface area contributed by atoms with Gasteiger partial charge in [-0.3, -0.25) is 4.90 Å². The zero-order valence-corrected chi connectivity index (χ0v) is 14.5. The Bertz CT molecular complexity index is 783. The number of benzene rings is 1. The van der Waals surface area contributed by atoms with Crippen molar-refractivity contribution < 1.29 is 8.42 Å². The molecule has 0 amide bonds. The second kappa shape index (κ2) is 6.45. The summed E-state index contributed by atoms with van der Waals surface area (Å²) >= 11 is 0. The maximum atomic E-state index is 11.7. The molecule has 0 aliphatic carbocycles. The van der Waals surface area contributed by atoms with Crippen molar-refractivity contribution in [3.63, 3.8) is 0 Å². The molecule has 1 unspecified atom stereocenters. The minimum atomic E-state index is -3.15. The number of sulfone groups is 1. The highest BCUT2D eigenvalue weighted by Crippen LogP contribution is 2.23. The number of likely N-dealkylation sites (tertiary alicyclic amines) is 1. The second-order valence-corrected chi connectivity index (χ2v) is 8.33. The van der Waals surface area contributed by atoms with E-state index in [4.69, 9.17) is 0 Å². The van der Waals surface area contributed by atoms with Gasteiger partial charge >= 0.3 is 0 Å². The van der Waals surface area contributed by atoms with Gasteiger partial charge in [0.2, 0.25) is 0 Å². The van der Waals surface area contributed by atoms with Crippen LogP contribution in [0, 0.1) is 6.92 Å². The Morgan fingerprint density at radius 3 is 2.87 bits per heavy atom. The standard InChI is InChI=1S/C17H23N3O2S/c1-14-18-8-10-19(14)13-16-6-4-9-20(16)12-15-5-3-7-17(11-15)23(2,21)22/h3,5,7-8,10-11,16H,4,6,9,12-13H2,1-2H3. The lowest BCUT2D eigenvalue weighted by molar-refractivity contribution is 0.223.